The SMILES string of the molecule is COC(=O)c1cc([N+](=O)[O-])c(F)cc1Cl.C[Si](C)(C)C=[N+]=[N-]. The van der Waals surface area contributed by atoms with Crippen molar-refractivity contribution >= 4 is 37.2 Å². The van der Waals surface area contributed by atoms with E-state index in [2.05, 4.69) is 29.2 Å². The molecule has 120 valence electrons. The van der Waals surface area contributed by atoms with Crippen molar-refractivity contribution in [1.82, 2.24) is 0 Å². The molecule has 0 aliphatic rings. The topological polar surface area (TPSA) is 106 Å². The zero-order valence-electron chi connectivity index (χ0n) is 12.5. The highest BCUT2D eigenvalue weighted by Gasteiger charge is 2.21. The van der Waals surface area contributed by atoms with Crippen molar-refractivity contribution in [3.63, 3.8) is 0 Å². The minimum atomic E-state index is -1.20. The maximum Gasteiger partial charge on any atom is 0.339 e. The van der Waals surface area contributed by atoms with E-state index >= 15 is 0 Å². The molecule has 0 radical (unpaired) electrons. The molecule has 0 fully saturated rings. The van der Waals surface area contributed by atoms with E-state index in [0.29, 0.717) is 6.07 Å². The van der Waals surface area contributed by atoms with Gasteiger partial charge in [-0.3, -0.25) is 10.1 Å². The van der Waals surface area contributed by atoms with Crippen molar-refractivity contribution in [3.8, 4) is 0 Å². The van der Waals surface area contributed by atoms with Crippen LogP contribution in [0.4, 0.5) is 10.1 Å². The lowest BCUT2D eigenvalue weighted by atomic mass is 10.2. The fourth-order valence-electron chi connectivity index (χ4n) is 1.12. The van der Waals surface area contributed by atoms with Crippen molar-refractivity contribution in [2.45, 2.75) is 19.6 Å². The lowest BCUT2D eigenvalue weighted by Crippen LogP contribution is -2.22. The van der Waals surface area contributed by atoms with Crippen molar-refractivity contribution in [1.29, 1.82) is 0 Å². The highest BCUT2D eigenvalue weighted by Crippen LogP contribution is 2.26. The summed E-state index contributed by atoms with van der Waals surface area (Å²) in [5.74, 6) is -0.326. The van der Waals surface area contributed by atoms with Crippen LogP contribution in [0.5, 0.6) is 0 Å². The van der Waals surface area contributed by atoms with Crippen LogP contribution in [0.15, 0.2) is 12.1 Å². The maximum atomic E-state index is 13.0. The fourth-order valence-corrected chi connectivity index (χ4v) is 1.69. The first-order valence-corrected chi connectivity index (χ1v) is 9.89. The summed E-state index contributed by atoms with van der Waals surface area (Å²) in [6.45, 7) is 6.31. The lowest BCUT2D eigenvalue weighted by Gasteiger charge is -2.02. The molecular formula is C12H15ClFN3O4Si. The molecule has 7 nitrogen and oxygen atoms in total. The highest BCUT2D eigenvalue weighted by atomic mass is 35.5. The fraction of sp³-hybridized carbons (Fsp3) is 0.333. The second kappa shape index (κ2) is 8.37. The monoisotopic (exact) mass is 347 g/mol. The highest BCUT2D eigenvalue weighted by molar-refractivity contribution is 6.98. The van der Waals surface area contributed by atoms with E-state index in [0.717, 1.165) is 13.2 Å². The van der Waals surface area contributed by atoms with E-state index in [1.54, 1.807) is 5.84 Å². The first-order valence-electron chi connectivity index (χ1n) is 5.93. The van der Waals surface area contributed by atoms with Gasteiger partial charge in [0.2, 0.25) is 11.7 Å². The van der Waals surface area contributed by atoms with Gasteiger partial charge in [-0.25, -0.2) is 4.79 Å². The Morgan fingerprint density at radius 3 is 2.36 bits per heavy atom. The number of hydrogen-bond donors (Lipinski definition) is 0. The molecule has 0 N–H and O–H groups in total. The molecule has 0 heterocycles. The van der Waals surface area contributed by atoms with Crippen molar-refractivity contribution < 1.29 is 23.6 Å². The van der Waals surface area contributed by atoms with Gasteiger partial charge in [-0.15, -0.1) is 0 Å². The summed E-state index contributed by atoms with van der Waals surface area (Å²) >= 11 is 5.52. The Kier molecular flexibility index (Phi) is 7.58. The summed E-state index contributed by atoms with van der Waals surface area (Å²) in [4.78, 5) is 23.4. The second-order valence-corrected chi connectivity index (χ2v) is 10.5. The van der Waals surface area contributed by atoms with Crippen LogP contribution in [0, 0.1) is 15.9 Å². The van der Waals surface area contributed by atoms with Crippen LogP contribution in [-0.2, 0) is 4.74 Å². The number of rotatable bonds is 3. The molecule has 1 rings (SSSR count). The van der Waals surface area contributed by atoms with Crippen LogP contribution in [0.2, 0.25) is 24.7 Å². The van der Waals surface area contributed by atoms with Crippen molar-refractivity contribution in [2.75, 3.05) is 7.11 Å². The number of nitrogens with zero attached hydrogens (tertiary/aromatic N) is 3. The Bertz CT molecular complexity index is 628. The number of carbonyl (C=O) groups is 1. The molecule has 0 saturated carbocycles. The number of esters is 1. The summed E-state index contributed by atoms with van der Waals surface area (Å²) in [7, 11) is -0.108. The number of halogens is 2. The maximum absolute atomic E-state index is 13.0. The second-order valence-electron chi connectivity index (χ2n) is 5.14. The number of nitro groups is 1. The molecule has 0 saturated heterocycles. The largest absolute Gasteiger partial charge is 0.465 e. The van der Waals surface area contributed by atoms with Gasteiger partial charge < -0.3 is 10.3 Å². The standard InChI is InChI=1S/C8H5ClFNO4.C4H10N2Si/c1-15-8(12)4-2-7(11(13)14)6(10)3-5(4)9;1-7(2,3)4-6-5/h2-3H,1H3;4H,1-3H3. The molecule has 0 unspecified atom stereocenters. The molecule has 22 heavy (non-hydrogen) atoms. The number of hydrogen-bond acceptors (Lipinski definition) is 4. The Balaban J connectivity index is 0.000000534. The van der Waals surface area contributed by atoms with Crippen LogP contribution in [-0.4, -0.2) is 36.7 Å². The predicted molar refractivity (Wildman–Crippen MR) is 82.4 cm³/mol. The van der Waals surface area contributed by atoms with E-state index in [4.69, 9.17) is 17.1 Å². The van der Waals surface area contributed by atoms with Crippen LogP contribution >= 0.6 is 11.6 Å². The van der Waals surface area contributed by atoms with Crippen molar-refractivity contribution in [2.24, 2.45) is 0 Å². The van der Waals surface area contributed by atoms with E-state index in [1.807, 2.05) is 0 Å². The number of ether oxygens (including phenoxy) is 1. The molecule has 0 aliphatic heterocycles. The third kappa shape index (κ3) is 6.57. The van der Waals surface area contributed by atoms with E-state index in [9.17, 15) is 19.3 Å². The summed E-state index contributed by atoms with van der Waals surface area (Å²) in [5.41, 5.74) is 6.94. The molecule has 0 amide bonds. The van der Waals surface area contributed by atoms with Crippen LogP contribution in [0.1, 0.15) is 10.4 Å². The third-order valence-corrected chi connectivity index (χ3v) is 3.29. The summed E-state index contributed by atoms with van der Waals surface area (Å²) in [6, 6.07) is 1.44. The van der Waals surface area contributed by atoms with Gasteiger partial charge in [-0.1, -0.05) is 31.2 Å². The zero-order valence-corrected chi connectivity index (χ0v) is 14.2. The smallest absolute Gasteiger partial charge is 0.339 e. The summed E-state index contributed by atoms with van der Waals surface area (Å²) in [5, 5.41) is 10.1. The molecule has 1 aromatic carbocycles. The van der Waals surface area contributed by atoms with Gasteiger partial charge in [-0.2, -0.15) is 9.18 Å². The Hall–Kier alpha value is -2.09. The first-order chi connectivity index (χ1) is 10.0. The Morgan fingerprint density at radius 1 is 1.50 bits per heavy atom. The van der Waals surface area contributed by atoms with Crippen molar-refractivity contribution in [3.05, 3.63) is 44.2 Å². The number of carbonyl (C=O) groups excluding carboxylic acids is 1. The molecule has 0 atom stereocenters. The van der Waals surface area contributed by atoms with Crippen LogP contribution < -0.4 is 0 Å². The molecule has 0 aliphatic carbocycles. The van der Waals surface area contributed by atoms with E-state index in [-0.39, 0.29) is 10.6 Å². The number of nitro benzene ring substituents is 1. The first kappa shape index (κ1) is 19.9. The predicted octanol–water partition coefficient (Wildman–Crippen LogP) is 3.34. The number of methoxy groups -OCH3 is 1. The minimum Gasteiger partial charge on any atom is -0.465 e. The molecule has 10 heteroatoms. The molecule has 0 aromatic heterocycles. The Labute approximate surface area is 132 Å². The van der Waals surface area contributed by atoms with Gasteiger partial charge in [0.25, 0.3) is 0 Å². The van der Waals surface area contributed by atoms with Gasteiger partial charge in [0.15, 0.2) is 8.07 Å². The minimum absolute atomic E-state index is 0.232. The van der Waals surface area contributed by atoms with Crippen LogP contribution in [0.3, 0.4) is 0 Å². The molecule has 1 aromatic rings. The summed E-state index contributed by atoms with van der Waals surface area (Å²) in [6.07, 6.45) is 0. The Morgan fingerprint density at radius 2 is 2.05 bits per heavy atom. The van der Waals surface area contributed by atoms with E-state index < -0.39 is 30.5 Å². The van der Waals surface area contributed by atoms with Gasteiger partial charge in [0, 0.05) is 12.1 Å². The summed E-state index contributed by atoms with van der Waals surface area (Å²) < 4.78 is 17.3. The zero-order chi connectivity index (χ0) is 17.5. The average molecular weight is 348 g/mol. The van der Waals surface area contributed by atoms with Gasteiger partial charge >= 0.3 is 11.7 Å². The molecule has 0 spiro atoms. The van der Waals surface area contributed by atoms with Crippen LogP contribution in [0.25, 0.3) is 5.53 Å². The van der Waals surface area contributed by atoms with Gasteiger partial charge in [0.05, 0.1) is 22.6 Å². The average Bonchev–Trinajstić information content (AvgIpc) is 2.36. The normalized spacial score (nSPS) is 9.91. The quantitative estimate of drug-likeness (QED) is 0.159. The van der Waals surface area contributed by atoms with Gasteiger partial charge in [0.1, 0.15) is 0 Å². The molecule has 0 bridgehead atoms. The number of benzene rings is 1. The lowest BCUT2D eigenvalue weighted by molar-refractivity contribution is -0.387. The van der Waals surface area contributed by atoms with Gasteiger partial charge in [-0.05, 0) is 0 Å². The third-order valence-electron chi connectivity index (χ3n) is 2.08. The molecular weight excluding hydrogens is 333 g/mol. The van der Waals surface area contributed by atoms with E-state index in [1.165, 1.54) is 0 Å².